The van der Waals surface area contributed by atoms with Gasteiger partial charge < -0.3 is 5.11 Å². The molecule has 2 aromatic rings. The Balaban J connectivity index is 2.43. The standard InChI is InChI=1S/C16H15N3O3/c17-10-16(13-4-2-7-18-11-13)15(6-8-20)12-3-1-5-14(9-12)19(21)22/h1-5,7,9,11,15-16,20H,6,8H2/t15-,16-/m0/s1. The van der Waals surface area contributed by atoms with Crippen molar-refractivity contribution >= 4 is 5.69 Å². The van der Waals surface area contributed by atoms with Crippen LogP contribution in [0.5, 0.6) is 0 Å². The Bertz CT molecular complexity index is 683. The highest BCUT2D eigenvalue weighted by molar-refractivity contribution is 5.39. The van der Waals surface area contributed by atoms with Gasteiger partial charge in [-0.3, -0.25) is 15.1 Å². The normalized spacial score (nSPS) is 13.1. The fraction of sp³-hybridized carbons (Fsp3) is 0.250. The number of hydrogen-bond donors (Lipinski definition) is 1. The molecule has 1 N–H and O–H groups in total. The minimum atomic E-state index is -0.525. The fourth-order valence-electron chi connectivity index (χ4n) is 2.49. The molecular formula is C16H15N3O3. The molecule has 0 radical (unpaired) electrons. The highest BCUT2D eigenvalue weighted by atomic mass is 16.6. The number of aliphatic hydroxyl groups excluding tert-OH is 1. The third-order valence-corrected chi connectivity index (χ3v) is 3.53. The highest BCUT2D eigenvalue weighted by Crippen LogP contribution is 2.36. The maximum absolute atomic E-state index is 10.9. The Morgan fingerprint density at radius 3 is 2.68 bits per heavy atom. The van der Waals surface area contributed by atoms with Gasteiger partial charge >= 0.3 is 0 Å². The van der Waals surface area contributed by atoms with Gasteiger partial charge in [-0.25, -0.2) is 0 Å². The molecule has 0 unspecified atom stereocenters. The second kappa shape index (κ2) is 7.29. The third kappa shape index (κ3) is 3.45. The highest BCUT2D eigenvalue weighted by Gasteiger charge is 2.25. The third-order valence-electron chi connectivity index (χ3n) is 3.53. The predicted octanol–water partition coefficient (Wildman–Crippen LogP) is 2.76. The molecule has 0 aliphatic carbocycles. The Morgan fingerprint density at radius 2 is 2.09 bits per heavy atom. The van der Waals surface area contributed by atoms with E-state index in [1.807, 2.05) is 0 Å². The number of aliphatic hydroxyl groups is 1. The number of benzene rings is 1. The molecule has 0 amide bonds. The Kier molecular flexibility index (Phi) is 5.17. The number of non-ortho nitro benzene ring substituents is 1. The fourth-order valence-corrected chi connectivity index (χ4v) is 2.49. The Morgan fingerprint density at radius 1 is 1.32 bits per heavy atom. The lowest BCUT2D eigenvalue weighted by atomic mass is 9.81. The molecule has 22 heavy (non-hydrogen) atoms. The summed E-state index contributed by atoms with van der Waals surface area (Å²) < 4.78 is 0. The van der Waals surface area contributed by atoms with E-state index in [0.29, 0.717) is 12.0 Å². The van der Waals surface area contributed by atoms with Gasteiger partial charge in [0.15, 0.2) is 0 Å². The molecule has 112 valence electrons. The van der Waals surface area contributed by atoms with Crippen LogP contribution >= 0.6 is 0 Å². The van der Waals surface area contributed by atoms with Gasteiger partial charge in [-0.05, 0) is 23.6 Å². The summed E-state index contributed by atoms with van der Waals surface area (Å²) in [7, 11) is 0. The number of nitro groups is 1. The Labute approximate surface area is 127 Å². The number of hydrogen-bond acceptors (Lipinski definition) is 5. The first-order chi connectivity index (χ1) is 10.7. The van der Waals surface area contributed by atoms with E-state index in [4.69, 9.17) is 0 Å². The first-order valence-electron chi connectivity index (χ1n) is 6.82. The van der Waals surface area contributed by atoms with Crippen LogP contribution in [-0.4, -0.2) is 21.6 Å². The summed E-state index contributed by atoms with van der Waals surface area (Å²) in [5.74, 6) is -0.859. The van der Waals surface area contributed by atoms with Gasteiger partial charge in [-0.2, -0.15) is 5.26 Å². The minimum absolute atomic E-state index is 0.0247. The molecule has 0 fully saturated rings. The molecule has 1 aromatic heterocycles. The van der Waals surface area contributed by atoms with Crippen molar-refractivity contribution in [1.29, 1.82) is 5.26 Å². The van der Waals surface area contributed by atoms with E-state index >= 15 is 0 Å². The van der Waals surface area contributed by atoms with Gasteiger partial charge in [0.1, 0.15) is 0 Å². The zero-order valence-corrected chi connectivity index (χ0v) is 11.8. The smallest absolute Gasteiger partial charge is 0.269 e. The maximum atomic E-state index is 10.9. The molecule has 0 aliphatic rings. The molecule has 6 heteroatoms. The van der Waals surface area contributed by atoms with Gasteiger partial charge in [0.05, 0.1) is 16.9 Å². The topological polar surface area (TPSA) is 100 Å². The molecule has 1 heterocycles. The zero-order chi connectivity index (χ0) is 15.9. The largest absolute Gasteiger partial charge is 0.396 e. The number of nitro benzene ring substituents is 1. The van der Waals surface area contributed by atoms with Crippen LogP contribution in [0.4, 0.5) is 5.69 Å². The van der Waals surface area contributed by atoms with Crippen LogP contribution < -0.4 is 0 Å². The van der Waals surface area contributed by atoms with E-state index in [9.17, 15) is 20.5 Å². The number of rotatable bonds is 6. The number of nitriles is 1. The van der Waals surface area contributed by atoms with E-state index in [0.717, 1.165) is 5.56 Å². The molecule has 0 saturated heterocycles. The summed E-state index contributed by atoms with van der Waals surface area (Å²) in [5.41, 5.74) is 1.37. The van der Waals surface area contributed by atoms with Crippen molar-refractivity contribution in [3.63, 3.8) is 0 Å². The molecule has 0 aliphatic heterocycles. The van der Waals surface area contributed by atoms with Gasteiger partial charge in [0.25, 0.3) is 5.69 Å². The zero-order valence-electron chi connectivity index (χ0n) is 11.8. The number of aromatic nitrogens is 1. The van der Waals surface area contributed by atoms with Crippen LogP contribution in [0.2, 0.25) is 0 Å². The van der Waals surface area contributed by atoms with Crippen molar-refractivity contribution < 1.29 is 10.0 Å². The SMILES string of the molecule is N#C[C@@H](c1cccnc1)[C@@H](CCO)c1cccc([N+](=O)[O-])c1. The predicted molar refractivity (Wildman–Crippen MR) is 80.1 cm³/mol. The van der Waals surface area contributed by atoms with Crippen molar-refractivity contribution in [3.05, 3.63) is 70.0 Å². The second-order valence-corrected chi connectivity index (χ2v) is 4.86. The maximum Gasteiger partial charge on any atom is 0.269 e. The molecule has 2 rings (SSSR count). The van der Waals surface area contributed by atoms with Crippen LogP contribution in [0, 0.1) is 21.4 Å². The van der Waals surface area contributed by atoms with Crippen molar-refractivity contribution in [1.82, 2.24) is 4.98 Å². The summed E-state index contributed by atoms with van der Waals surface area (Å²) in [4.78, 5) is 14.5. The van der Waals surface area contributed by atoms with E-state index in [1.54, 1.807) is 36.7 Å². The molecule has 6 nitrogen and oxygen atoms in total. The number of pyridine rings is 1. The molecule has 1 aromatic carbocycles. The van der Waals surface area contributed by atoms with Crippen molar-refractivity contribution in [2.24, 2.45) is 0 Å². The van der Waals surface area contributed by atoms with Crippen molar-refractivity contribution in [2.45, 2.75) is 18.3 Å². The lowest BCUT2D eigenvalue weighted by Crippen LogP contribution is -2.12. The van der Waals surface area contributed by atoms with Gasteiger partial charge in [0, 0.05) is 37.1 Å². The van der Waals surface area contributed by atoms with Crippen molar-refractivity contribution in [3.8, 4) is 6.07 Å². The van der Waals surface area contributed by atoms with E-state index in [1.165, 1.54) is 12.1 Å². The minimum Gasteiger partial charge on any atom is -0.396 e. The lowest BCUT2D eigenvalue weighted by Gasteiger charge is -2.21. The monoisotopic (exact) mass is 297 g/mol. The van der Waals surface area contributed by atoms with Gasteiger partial charge in [-0.15, -0.1) is 0 Å². The molecular weight excluding hydrogens is 282 g/mol. The lowest BCUT2D eigenvalue weighted by molar-refractivity contribution is -0.384. The van der Waals surface area contributed by atoms with Crippen LogP contribution in [0.15, 0.2) is 48.8 Å². The quantitative estimate of drug-likeness (QED) is 0.652. The van der Waals surface area contributed by atoms with Crippen LogP contribution in [0.1, 0.15) is 29.4 Å². The van der Waals surface area contributed by atoms with Crippen LogP contribution in [-0.2, 0) is 0 Å². The van der Waals surface area contributed by atoms with Gasteiger partial charge in [0.2, 0.25) is 0 Å². The van der Waals surface area contributed by atoms with E-state index in [2.05, 4.69) is 11.1 Å². The van der Waals surface area contributed by atoms with Crippen LogP contribution in [0.25, 0.3) is 0 Å². The number of nitrogens with zero attached hydrogens (tertiary/aromatic N) is 3. The molecule has 0 bridgehead atoms. The molecule has 0 spiro atoms. The van der Waals surface area contributed by atoms with Gasteiger partial charge in [-0.1, -0.05) is 18.2 Å². The summed E-state index contributed by atoms with van der Waals surface area (Å²) >= 11 is 0. The van der Waals surface area contributed by atoms with Crippen LogP contribution in [0.3, 0.4) is 0 Å². The van der Waals surface area contributed by atoms with E-state index < -0.39 is 10.8 Å². The summed E-state index contributed by atoms with van der Waals surface area (Å²) in [5, 5.41) is 29.8. The average Bonchev–Trinajstić information content (AvgIpc) is 2.56. The average molecular weight is 297 g/mol. The summed E-state index contributed by atoms with van der Waals surface area (Å²) in [6.45, 7) is -0.105. The first-order valence-corrected chi connectivity index (χ1v) is 6.82. The molecule has 0 saturated carbocycles. The second-order valence-electron chi connectivity index (χ2n) is 4.86. The molecule has 2 atom stereocenters. The van der Waals surface area contributed by atoms with E-state index in [-0.39, 0.29) is 18.2 Å². The first kappa shape index (κ1) is 15.6. The summed E-state index contributed by atoms with van der Waals surface area (Å²) in [6, 6.07) is 12.0. The summed E-state index contributed by atoms with van der Waals surface area (Å²) in [6.07, 6.45) is 3.57. The van der Waals surface area contributed by atoms with Crippen molar-refractivity contribution in [2.75, 3.05) is 6.61 Å². The Hall–Kier alpha value is -2.78.